The molecule has 0 aromatic heterocycles. The van der Waals surface area contributed by atoms with Gasteiger partial charge in [-0.25, -0.2) is 0 Å². The highest BCUT2D eigenvalue weighted by atomic mass is 16.5. The van der Waals surface area contributed by atoms with Gasteiger partial charge in [0.1, 0.15) is 5.75 Å². The summed E-state index contributed by atoms with van der Waals surface area (Å²) in [4.78, 5) is 0. The third-order valence-electron chi connectivity index (χ3n) is 3.73. The number of nitrogens with one attached hydrogen (secondary N) is 1. The van der Waals surface area contributed by atoms with Gasteiger partial charge >= 0.3 is 0 Å². The zero-order chi connectivity index (χ0) is 15.1. The summed E-state index contributed by atoms with van der Waals surface area (Å²) >= 11 is 0. The highest BCUT2D eigenvalue weighted by Crippen LogP contribution is 2.24. The van der Waals surface area contributed by atoms with Crippen molar-refractivity contribution < 1.29 is 14.2 Å². The summed E-state index contributed by atoms with van der Waals surface area (Å²) in [7, 11) is 1.69. The molecule has 2 atom stereocenters. The summed E-state index contributed by atoms with van der Waals surface area (Å²) in [5.74, 6) is 1.40. The standard InChI is InChI=1S/C17H27NO3/c1-13(2)18-10-17(21-12-14-7-8-20-11-14)15-5-4-6-16(9-15)19-3/h4-6,9,13-14,17-18H,7-8,10-12H2,1-3H3. The minimum atomic E-state index is 0.0445. The van der Waals surface area contributed by atoms with Crippen molar-refractivity contribution >= 4 is 0 Å². The fraction of sp³-hybridized carbons (Fsp3) is 0.647. The summed E-state index contributed by atoms with van der Waals surface area (Å²) in [6.45, 7) is 7.53. The van der Waals surface area contributed by atoms with E-state index >= 15 is 0 Å². The van der Waals surface area contributed by atoms with Crippen LogP contribution in [0.3, 0.4) is 0 Å². The van der Waals surface area contributed by atoms with Crippen molar-refractivity contribution in [3.8, 4) is 5.75 Å². The van der Waals surface area contributed by atoms with Gasteiger partial charge in [0.2, 0.25) is 0 Å². The van der Waals surface area contributed by atoms with Gasteiger partial charge in [0.15, 0.2) is 0 Å². The van der Waals surface area contributed by atoms with Crippen LogP contribution in [-0.4, -0.2) is 39.5 Å². The van der Waals surface area contributed by atoms with Crippen LogP contribution >= 0.6 is 0 Å². The monoisotopic (exact) mass is 293 g/mol. The van der Waals surface area contributed by atoms with E-state index in [1.54, 1.807) is 7.11 Å². The molecule has 0 saturated carbocycles. The van der Waals surface area contributed by atoms with Gasteiger partial charge in [0.25, 0.3) is 0 Å². The van der Waals surface area contributed by atoms with Crippen molar-refractivity contribution in [2.75, 3.05) is 33.5 Å². The van der Waals surface area contributed by atoms with Crippen molar-refractivity contribution in [2.24, 2.45) is 5.92 Å². The molecule has 21 heavy (non-hydrogen) atoms. The number of rotatable bonds is 8. The Hall–Kier alpha value is -1.10. The molecule has 1 aromatic carbocycles. The zero-order valence-electron chi connectivity index (χ0n) is 13.3. The van der Waals surface area contributed by atoms with Crippen LogP contribution in [0.2, 0.25) is 0 Å². The summed E-state index contributed by atoms with van der Waals surface area (Å²) in [6, 6.07) is 8.56. The molecule has 1 aliphatic rings. The molecule has 1 fully saturated rings. The van der Waals surface area contributed by atoms with Gasteiger partial charge < -0.3 is 19.5 Å². The second kappa shape index (κ2) is 8.37. The third kappa shape index (κ3) is 5.30. The molecule has 0 bridgehead atoms. The predicted molar refractivity (Wildman–Crippen MR) is 83.8 cm³/mol. The molecule has 118 valence electrons. The van der Waals surface area contributed by atoms with E-state index in [1.165, 1.54) is 0 Å². The quantitative estimate of drug-likeness (QED) is 0.800. The van der Waals surface area contributed by atoms with E-state index in [2.05, 4.69) is 31.3 Å². The Bertz CT molecular complexity index is 416. The molecule has 0 aliphatic carbocycles. The molecular weight excluding hydrogens is 266 g/mol. The Morgan fingerprint density at radius 3 is 2.90 bits per heavy atom. The largest absolute Gasteiger partial charge is 0.497 e. The lowest BCUT2D eigenvalue weighted by atomic mass is 10.1. The normalized spacial score (nSPS) is 19.9. The average molecular weight is 293 g/mol. The lowest BCUT2D eigenvalue weighted by Crippen LogP contribution is -2.30. The van der Waals surface area contributed by atoms with Gasteiger partial charge in [-0.15, -0.1) is 0 Å². The van der Waals surface area contributed by atoms with Gasteiger partial charge in [-0.05, 0) is 24.1 Å². The third-order valence-corrected chi connectivity index (χ3v) is 3.73. The first-order valence-electron chi connectivity index (χ1n) is 7.75. The first kappa shape index (κ1) is 16.3. The number of hydrogen-bond acceptors (Lipinski definition) is 4. The first-order chi connectivity index (χ1) is 10.2. The van der Waals surface area contributed by atoms with Gasteiger partial charge in [-0.3, -0.25) is 0 Å². The number of hydrogen-bond donors (Lipinski definition) is 1. The lowest BCUT2D eigenvalue weighted by Gasteiger charge is -2.22. The molecule has 0 amide bonds. The summed E-state index contributed by atoms with van der Waals surface area (Å²) in [6.07, 6.45) is 1.14. The molecule has 0 spiro atoms. The summed E-state index contributed by atoms with van der Waals surface area (Å²) in [5, 5.41) is 3.46. The SMILES string of the molecule is COc1cccc(C(CNC(C)C)OCC2CCOC2)c1. The average Bonchev–Trinajstić information content (AvgIpc) is 3.00. The molecule has 0 radical (unpaired) electrons. The summed E-state index contributed by atoms with van der Waals surface area (Å²) in [5.41, 5.74) is 1.15. The van der Waals surface area contributed by atoms with E-state index in [0.717, 1.165) is 44.1 Å². The highest BCUT2D eigenvalue weighted by Gasteiger charge is 2.19. The summed E-state index contributed by atoms with van der Waals surface area (Å²) < 4.78 is 16.9. The maximum atomic E-state index is 6.16. The topological polar surface area (TPSA) is 39.7 Å². The van der Waals surface area contributed by atoms with E-state index in [9.17, 15) is 0 Å². The minimum Gasteiger partial charge on any atom is -0.497 e. The smallest absolute Gasteiger partial charge is 0.119 e. The van der Waals surface area contributed by atoms with Crippen molar-refractivity contribution in [3.63, 3.8) is 0 Å². The van der Waals surface area contributed by atoms with Crippen LogP contribution in [0, 0.1) is 5.92 Å². The Morgan fingerprint density at radius 1 is 1.38 bits per heavy atom. The molecule has 2 rings (SSSR count). The van der Waals surface area contributed by atoms with Crippen LogP contribution in [0.4, 0.5) is 0 Å². The van der Waals surface area contributed by atoms with E-state index in [4.69, 9.17) is 14.2 Å². The van der Waals surface area contributed by atoms with E-state index in [-0.39, 0.29) is 6.10 Å². The molecule has 1 aromatic rings. The van der Waals surface area contributed by atoms with E-state index in [0.29, 0.717) is 12.0 Å². The van der Waals surface area contributed by atoms with Gasteiger partial charge in [0, 0.05) is 25.1 Å². The maximum Gasteiger partial charge on any atom is 0.119 e. The Balaban J connectivity index is 1.98. The van der Waals surface area contributed by atoms with Crippen LogP contribution in [0.1, 0.15) is 31.9 Å². The number of benzene rings is 1. The second-order valence-electron chi connectivity index (χ2n) is 5.89. The van der Waals surface area contributed by atoms with E-state index in [1.807, 2.05) is 12.1 Å². The molecule has 1 saturated heterocycles. The molecule has 1 N–H and O–H groups in total. The fourth-order valence-corrected chi connectivity index (χ4v) is 2.42. The predicted octanol–water partition coefficient (Wildman–Crippen LogP) is 2.79. The lowest BCUT2D eigenvalue weighted by molar-refractivity contribution is 0.0243. The van der Waals surface area contributed by atoms with Crippen molar-refractivity contribution in [3.05, 3.63) is 29.8 Å². The van der Waals surface area contributed by atoms with Crippen LogP contribution < -0.4 is 10.1 Å². The number of ether oxygens (including phenoxy) is 3. The molecule has 4 nitrogen and oxygen atoms in total. The van der Waals surface area contributed by atoms with Gasteiger partial charge in [0.05, 0.1) is 26.4 Å². The molecular formula is C17H27NO3. The molecule has 1 aliphatic heterocycles. The van der Waals surface area contributed by atoms with Gasteiger partial charge in [-0.1, -0.05) is 26.0 Å². The Morgan fingerprint density at radius 2 is 2.24 bits per heavy atom. The second-order valence-corrected chi connectivity index (χ2v) is 5.89. The van der Waals surface area contributed by atoms with E-state index < -0.39 is 0 Å². The molecule has 2 unspecified atom stereocenters. The van der Waals surface area contributed by atoms with Crippen LogP contribution in [0.5, 0.6) is 5.75 Å². The van der Waals surface area contributed by atoms with Crippen LogP contribution in [0.25, 0.3) is 0 Å². The number of methoxy groups -OCH3 is 1. The van der Waals surface area contributed by atoms with Gasteiger partial charge in [-0.2, -0.15) is 0 Å². The van der Waals surface area contributed by atoms with Crippen molar-refractivity contribution in [1.82, 2.24) is 5.32 Å². The molecule has 1 heterocycles. The zero-order valence-corrected chi connectivity index (χ0v) is 13.3. The van der Waals surface area contributed by atoms with Crippen LogP contribution in [0.15, 0.2) is 24.3 Å². The Kier molecular flexibility index (Phi) is 6.49. The fourth-order valence-electron chi connectivity index (χ4n) is 2.42. The van der Waals surface area contributed by atoms with Crippen LogP contribution in [-0.2, 0) is 9.47 Å². The first-order valence-corrected chi connectivity index (χ1v) is 7.75. The highest BCUT2D eigenvalue weighted by molar-refractivity contribution is 5.30. The molecule has 4 heteroatoms. The Labute approximate surface area is 127 Å². The van der Waals surface area contributed by atoms with Crippen molar-refractivity contribution in [2.45, 2.75) is 32.4 Å². The minimum absolute atomic E-state index is 0.0445. The van der Waals surface area contributed by atoms with Crippen molar-refractivity contribution in [1.29, 1.82) is 0 Å². The maximum absolute atomic E-state index is 6.16.